The van der Waals surface area contributed by atoms with E-state index in [1.165, 1.54) is 24.5 Å². The molecule has 0 aliphatic rings. The highest BCUT2D eigenvalue weighted by molar-refractivity contribution is 5.84. The Labute approximate surface area is 159 Å². The number of aliphatic hydroxyl groups is 2. The molecule has 0 spiro atoms. The number of hydrogen-bond donors (Lipinski definition) is 3. The second-order valence-electron chi connectivity index (χ2n) is 6.47. The Kier molecular flexibility index (Phi) is 5.56. The van der Waals surface area contributed by atoms with Gasteiger partial charge < -0.3 is 15.2 Å². The van der Waals surface area contributed by atoms with Gasteiger partial charge in [-0.1, -0.05) is 36.4 Å². The summed E-state index contributed by atoms with van der Waals surface area (Å²) in [4.78, 5) is 6.74. The van der Waals surface area contributed by atoms with Crippen LogP contribution in [0.4, 0.5) is 13.2 Å². The van der Waals surface area contributed by atoms with E-state index in [1.807, 2.05) is 0 Å². The van der Waals surface area contributed by atoms with E-state index in [2.05, 4.69) is 9.97 Å². The minimum atomic E-state index is -4.50. The molecule has 3 aromatic rings. The molecular weight excluding hydrogens is 369 g/mol. The fourth-order valence-corrected chi connectivity index (χ4v) is 2.85. The number of benzene rings is 2. The molecule has 1 unspecified atom stereocenters. The van der Waals surface area contributed by atoms with E-state index in [0.29, 0.717) is 16.6 Å². The maximum Gasteiger partial charge on any atom is 0.417 e. The van der Waals surface area contributed by atoms with Crippen LogP contribution < -0.4 is 0 Å². The van der Waals surface area contributed by atoms with E-state index in [1.54, 1.807) is 37.3 Å². The highest BCUT2D eigenvalue weighted by atomic mass is 19.4. The molecule has 0 amide bonds. The van der Waals surface area contributed by atoms with Gasteiger partial charge in [-0.3, -0.25) is 0 Å². The lowest BCUT2D eigenvalue weighted by atomic mass is 9.97. The number of aliphatic hydroxyl groups excluding tert-OH is 2. The summed E-state index contributed by atoms with van der Waals surface area (Å²) >= 11 is 0. The summed E-state index contributed by atoms with van der Waals surface area (Å²) in [5.41, 5.74) is 1.27. The number of aromatic amines is 1. The molecule has 28 heavy (non-hydrogen) atoms. The van der Waals surface area contributed by atoms with Gasteiger partial charge in [0.15, 0.2) is 0 Å². The number of H-pyrrole nitrogens is 1. The van der Waals surface area contributed by atoms with Gasteiger partial charge >= 0.3 is 6.18 Å². The summed E-state index contributed by atoms with van der Waals surface area (Å²) in [7, 11) is 0. The van der Waals surface area contributed by atoms with E-state index >= 15 is 0 Å². The van der Waals surface area contributed by atoms with Gasteiger partial charge in [0, 0.05) is 6.42 Å². The lowest BCUT2D eigenvalue weighted by Crippen LogP contribution is -2.07. The first-order chi connectivity index (χ1) is 13.2. The molecule has 146 valence electrons. The van der Waals surface area contributed by atoms with Crippen molar-refractivity contribution >= 4 is 11.0 Å². The molecule has 0 aliphatic heterocycles. The molecule has 3 rings (SSSR count). The van der Waals surface area contributed by atoms with Crippen molar-refractivity contribution in [3.05, 3.63) is 77.8 Å². The van der Waals surface area contributed by atoms with Crippen molar-refractivity contribution in [3.8, 4) is 11.1 Å². The second-order valence-corrected chi connectivity index (χ2v) is 6.47. The summed E-state index contributed by atoms with van der Waals surface area (Å²) in [5.74, 6) is 0.0820. The number of rotatable bonds is 5. The molecule has 1 atom stereocenters. The monoisotopic (exact) mass is 388 g/mol. The van der Waals surface area contributed by atoms with Crippen molar-refractivity contribution in [1.29, 1.82) is 0 Å². The molecule has 0 bridgehead atoms. The number of aromatic nitrogens is 2. The van der Waals surface area contributed by atoms with Crippen LogP contribution in [-0.4, -0.2) is 26.3 Å². The summed E-state index contributed by atoms with van der Waals surface area (Å²) in [5, 5.41) is 19.1. The molecule has 0 fully saturated rings. The standard InChI is InChI=1S/C21H19F3N2O2/c1-13(27)3-2-4-16(28)9-14-5-7-15(8-6-14)17-10-19-20(26-12-25-19)11-18(17)21(22,23)24/h2-8,10-13,27-28H,9H2,1H3,(H,25,26)/b3-2-,16-4+. The Morgan fingerprint density at radius 2 is 1.93 bits per heavy atom. The number of nitrogens with zero attached hydrogens (tertiary/aromatic N) is 1. The first-order valence-corrected chi connectivity index (χ1v) is 8.62. The van der Waals surface area contributed by atoms with E-state index in [9.17, 15) is 18.3 Å². The highest BCUT2D eigenvalue weighted by Crippen LogP contribution is 2.39. The molecule has 1 aromatic heterocycles. The van der Waals surface area contributed by atoms with Gasteiger partial charge in [-0.25, -0.2) is 4.98 Å². The average Bonchev–Trinajstić information content (AvgIpc) is 3.08. The molecule has 0 radical (unpaired) electrons. The predicted octanol–water partition coefficient (Wildman–Crippen LogP) is 5.17. The van der Waals surface area contributed by atoms with Crippen LogP contribution in [0.15, 0.2) is 66.7 Å². The number of fused-ring (bicyclic) bond motifs is 1. The van der Waals surface area contributed by atoms with Crippen LogP contribution >= 0.6 is 0 Å². The van der Waals surface area contributed by atoms with Crippen LogP contribution in [0.5, 0.6) is 0 Å². The molecule has 1 heterocycles. The highest BCUT2D eigenvalue weighted by Gasteiger charge is 2.34. The fourth-order valence-electron chi connectivity index (χ4n) is 2.85. The lowest BCUT2D eigenvalue weighted by Gasteiger charge is -2.13. The zero-order chi connectivity index (χ0) is 20.3. The molecule has 2 aromatic carbocycles. The van der Waals surface area contributed by atoms with Crippen LogP contribution in [0.25, 0.3) is 22.2 Å². The zero-order valence-corrected chi connectivity index (χ0v) is 15.0. The van der Waals surface area contributed by atoms with Crippen LogP contribution in [0.3, 0.4) is 0 Å². The first-order valence-electron chi connectivity index (χ1n) is 8.62. The minimum Gasteiger partial charge on any atom is -0.512 e. The minimum absolute atomic E-state index is 0.0540. The molecule has 4 nitrogen and oxygen atoms in total. The maximum atomic E-state index is 13.5. The van der Waals surface area contributed by atoms with Crippen LogP contribution in [-0.2, 0) is 12.6 Å². The number of halogens is 3. The molecule has 7 heteroatoms. The largest absolute Gasteiger partial charge is 0.512 e. The third-order valence-corrected chi connectivity index (χ3v) is 4.19. The summed E-state index contributed by atoms with van der Waals surface area (Å²) < 4.78 is 40.5. The fraction of sp³-hybridized carbons (Fsp3) is 0.190. The van der Waals surface area contributed by atoms with Crippen molar-refractivity contribution in [2.75, 3.05) is 0 Å². The van der Waals surface area contributed by atoms with Gasteiger partial charge in [0.2, 0.25) is 0 Å². The van der Waals surface area contributed by atoms with Crippen LogP contribution in [0.1, 0.15) is 18.1 Å². The van der Waals surface area contributed by atoms with E-state index in [-0.39, 0.29) is 17.7 Å². The van der Waals surface area contributed by atoms with E-state index in [4.69, 9.17) is 5.11 Å². The van der Waals surface area contributed by atoms with Crippen LogP contribution in [0.2, 0.25) is 0 Å². The number of hydrogen-bond acceptors (Lipinski definition) is 3. The molecular formula is C21H19F3N2O2. The lowest BCUT2D eigenvalue weighted by molar-refractivity contribution is -0.137. The number of alkyl halides is 3. The summed E-state index contributed by atoms with van der Waals surface area (Å²) in [6, 6.07) is 9.02. The van der Waals surface area contributed by atoms with Gasteiger partial charge in [0.25, 0.3) is 0 Å². The van der Waals surface area contributed by atoms with E-state index in [0.717, 1.165) is 11.6 Å². The first kappa shape index (κ1) is 19.7. The normalized spacial score (nSPS) is 14.1. The Hall–Kier alpha value is -3.06. The van der Waals surface area contributed by atoms with Crippen molar-refractivity contribution in [2.45, 2.75) is 25.6 Å². The molecule has 0 saturated carbocycles. The predicted molar refractivity (Wildman–Crippen MR) is 102 cm³/mol. The third kappa shape index (κ3) is 4.61. The molecule has 3 N–H and O–H groups in total. The Balaban J connectivity index is 1.89. The summed E-state index contributed by atoms with van der Waals surface area (Å²) in [6.45, 7) is 1.59. The third-order valence-electron chi connectivity index (χ3n) is 4.19. The molecule has 0 saturated heterocycles. The van der Waals surface area contributed by atoms with Crippen molar-refractivity contribution < 1.29 is 23.4 Å². The summed E-state index contributed by atoms with van der Waals surface area (Å²) in [6.07, 6.45) is 1.01. The maximum absolute atomic E-state index is 13.5. The van der Waals surface area contributed by atoms with Crippen molar-refractivity contribution in [3.63, 3.8) is 0 Å². The van der Waals surface area contributed by atoms with Gasteiger partial charge in [-0.2, -0.15) is 13.2 Å². The zero-order valence-electron chi connectivity index (χ0n) is 15.0. The number of imidazole rings is 1. The van der Waals surface area contributed by atoms with Crippen molar-refractivity contribution in [1.82, 2.24) is 9.97 Å². The van der Waals surface area contributed by atoms with Crippen molar-refractivity contribution in [2.24, 2.45) is 0 Å². The topological polar surface area (TPSA) is 69.1 Å². The van der Waals surface area contributed by atoms with E-state index < -0.39 is 17.8 Å². The van der Waals surface area contributed by atoms with Gasteiger partial charge in [-0.05, 0) is 41.8 Å². The average molecular weight is 388 g/mol. The quantitative estimate of drug-likeness (QED) is 0.417. The Morgan fingerprint density at radius 1 is 1.21 bits per heavy atom. The Morgan fingerprint density at radius 3 is 2.57 bits per heavy atom. The Bertz CT molecular complexity index is 1020. The number of allylic oxidation sites excluding steroid dienone is 3. The second kappa shape index (κ2) is 7.90. The number of nitrogens with one attached hydrogen (secondary N) is 1. The molecule has 0 aliphatic carbocycles. The van der Waals surface area contributed by atoms with Gasteiger partial charge in [0.1, 0.15) is 0 Å². The van der Waals surface area contributed by atoms with Gasteiger partial charge in [-0.15, -0.1) is 0 Å². The van der Waals surface area contributed by atoms with Crippen LogP contribution in [0, 0.1) is 0 Å². The SMILES string of the molecule is CC(O)/C=C\C=C(\O)Cc1ccc(-c2cc3nc[nH]c3cc2C(F)(F)F)cc1. The van der Waals surface area contributed by atoms with Gasteiger partial charge in [0.05, 0.1) is 34.8 Å². The smallest absolute Gasteiger partial charge is 0.417 e.